The lowest BCUT2D eigenvalue weighted by atomic mass is 9.84. The summed E-state index contributed by atoms with van der Waals surface area (Å²) in [5.41, 5.74) is 0.647. The molecule has 2 rings (SSSR count). The summed E-state index contributed by atoms with van der Waals surface area (Å²) in [4.78, 5) is 0. The first-order chi connectivity index (χ1) is 9.65. The number of benzene rings is 1. The first kappa shape index (κ1) is 15.3. The third kappa shape index (κ3) is 3.51. The van der Waals surface area contributed by atoms with E-state index >= 15 is 0 Å². The Labute approximate surface area is 121 Å². The normalized spacial score (nSPS) is 24.4. The average molecular weight is 279 g/mol. The van der Waals surface area contributed by atoms with Crippen LogP contribution in [0.5, 0.6) is 5.75 Å². The second-order valence-corrected chi connectivity index (χ2v) is 5.88. The van der Waals surface area contributed by atoms with Crippen molar-refractivity contribution in [2.75, 3.05) is 7.11 Å². The zero-order valence-corrected chi connectivity index (χ0v) is 12.8. The van der Waals surface area contributed by atoms with Crippen molar-refractivity contribution < 1.29 is 9.13 Å². The van der Waals surface area contributed by atoms with E-state index in [1.807, 2.05) is 13.0 Å². The van der Waals surface area contributed by atoms with Crippen molar-refractivity contribution in [2.24, 2.45) is 5.92 Å². The van der Waals surface area contributed by atoms with Gasteiger partial charge in [0.15, 0.2) is 0 Å². The van der Waals surface area contributed by atoms with E-state index in [0.29, 0.717) is 17.4 Å². The van der Waals surface area contributed by atoms with Crippen molar-refractivity contribution in [1.29, 1.82) is 0 Å². The van der Waals surface area contributed by atoms with E-state index in [-0.39, 0.29) is 11.9 Å². The molecule has 0 saturated heterocycles. The Balaban J connectivity index is 2.06. The molecule has 1 aromatic carbocycles. The molecule has 1 aliphatic rings. The van der Waals surface area contributed by atoms with E-state index in [0.717, 1.165) is 5.92 Å². The van der Waals surface area contributed by atoms with Crippen molar-refractivity contribution in [3.8, 4) is 5.75 Å². The van der Waals surface area contributed by atoms with Gasteiger partial charge in [0.1, 0.15) is 11.6 Å². The number of hydrogen-bond acceptors (Lipinski definition) is 2. The predicted molar refractivity (Wildman–Crippen MR) is 80.5 cm³/mol. The summed E-state index contributed by atoms with van der Waals surface area (Å²) in [6, 6.07) is 5.50. The van der Waals surface area contributed by atoms with Crippen LogP contribution in [0.2, 0.25) is 0 Å². The summed E-state index contributed by atoms with van der Waals surface area (Å²) in [6.45, 7) is 4.28. The van der Waals surface area contributed by atoms with Crippen LogP contribution in [0.15, 0.2) is 18.2 Å². The second kappa shape index (κ2) is 7.07. The quantitative estimate of drug-likeness (QED) is 0.859. The molecule has 3 atom stereocenters. The van der Waals surface area contributed by atoms with Crippen LogP contribution in [0.3, 0.4) is 0 Å². The smallest absolute Gasteiger partial charge is 0.131 e. The monoisotopic (exact) mass is 279 g/mol. The lowest BCUT2D eigenvalue weighted by Crippen LogP contribution is -2.36. The number of hydrogen-bond donors (Lipinski definition) is 1. The molecule has 1 aliphatic carbocycles. The van der Waals surface area contributed by atoms with Gasteiger partial charge in [-0.15, -0.1) is 0 Å². The fourth-order valence-electron chi connectivity index (χ4n) is 3.37. The number of ether oxygens (including phenoxy) is 1. The maximum Gasteiger partial charge on any atom is 0.131 e. The third-order valence-corrected chi connectivity index (χ3v) is 4.51. The maximum atomic E-state index is 14.1. The molecular weight excluding hydrogens is 253 g/mol. The van der Waals surface area contributed by atoms with Crippen LogP contribution < -0.4 is 10.1 Å². The molecule has 1 aromatic rings. The lowest BCUT2D eigenvalue weighted by molar-refractivity contribution is 0.262. The van der Waals surface area contributed by atoms with Gasteiger partial charge in [0, 0.05) is 17.6 Å². The molecule has 1 saturated carbocycles. The summed E-state index contributed by atoms with van der Waals surface area (Å²) in [7, 11) is 1.60. The Bertz CT molecular complexity index is 435. The Morgan fingerprint density at radius 2 is 2.20 bits per heavy atom. The van der Waals surface area contributed by atoms with Gasteiger partial charge in [0.2, 0.25) is 0 Å². The Morgan fingerprint density at radius 3 is 2.90 bits per heavy atom. The molecule has 3 unspecified atom stereocenters. The molecule has 2 nitrogen and oxygen atoms in total. The summed E-state index contributed by atoms with van der Waals surface area (Å²) in [5, 5.41) is 3.59. The standard InChI is InChI=1S/C17H26FNO/c1-4-13-7-5-8-14(11-13)19-12(2)17-15(18)9-6-10-16(17)20-3/h6,9-10,12-14,19H,4-5,7-8,11H2,1-3H3. The van der Waals surface area contributed by atoms with Gasteiger partial charge in [0.05, 0.1) is 7.11 Å². The molecule has 112 valence electrons. The van der Waals surface area contributed by atoms with Crippen LogP contribution in [-0.2, 0) is 0 Å². The molecule has 1 N–H and O–H groups in total. The van der Waals surface area contributed by atoms with Gasteiger partial charge in [-0.05, 0) is 37.8 Å². The minimum atomic E-state index is -0.188. The van der Waals surface area contributed by atoms with Crippen molar-refractivity contribution in [3.63, 3.8) is 0 Å². The van der Waals surface area contributed by atoms with Gasteiger partial charge in [0.25, 0.3) is 0 Å². The molecule has 0 amide bonds. The largest absolute Gasteiger partial charge is 0.496 e. The molecule has 1 fully saturated rings. The van der Waals surface area contributed by atoms with Gasteiger partial charge in [-0.1, -0.05) is 32.3 Å². The molecule has 0 heterocycles. The van der Waals surface area contributed by atoms with E-state index in [4.69, 9.17) is 4.74 Å². The molecular formula is C17H26FNO. The second-order valence-electron chi connectivity index (χ2n) is 5.88. The highest BCUT2D eigenvalue weighted by Gasteiger charge is 2.24. The topological polar surface area (TPSA) is 21.3 Å². The van der Waals surface area contributed by atoms with Crippen molar-refractivity contribution in [1.82, 2.24) is 5.32 Å². The minimum Gasteiger partial charge on any atom is -0.496 e. The van der Waals surface area contributed by atoms with E-state index in [2.05, 4.69) is 12.2 Å². The van der Waals surface area contributed by atoms with Gasteiger partial charge in [-0.3, -0.25) is 0 Å². The van der Waals surface area contributed by atoms with Crippen molar-refractivity contribution in [2.45, 2.75) is 58.0 Å². The summed E-state index contributed by atoms with van der Waals surface area (Å²) >= 11 is 0. The average Bonchev–Trinajstić information content (AvgIpc) is 2.46. The fraction of sp³-hybridized carbons (Fsp3) is 0.647. The van der Waals surface area contributed by atoms with E-state index < -0.39 is 0 Å². The van der Waals surface area contributed by atoms with Crippen molar-refractivity contribution in [3.05, 3.63) is 29.6 Å². The Kier molecular flexibility index (Phi) is 5.41. The highest BCUT2D eigenvalue weighted by atomic mass is 19.1. The number of halogens is 1. The van der Waals surface area contributed by atoms with Gasteiger partial charge in [-0.25, -0.2) is 4.39 Å². The number of nitrogens with one attached hydrogen (secondary N) is 1. The van der Waals surface area contributed by atoms with Crippen LogP contribution in [0, 0.1) is 11.7 Å². The zero-order chi connectivity index (χ0) is 14.5. The molecule has 0 aliphatic heterocycles. The molecule has 0 aromatic heterocycles. The Hall–Kier alpha value is -1.09. The van der Waals surface area contributed by atoms with Crippen LogP contribution >= 0.6 is 0 Å². The van der Waals surface area contributed by atoms with Crippen molar-refractivity contribution >= 4 is 0 Å². The van der Waals surface area contributed by atoms with Crippen LogP contribution in [-0.4, -0.2) is 13.2 Å². The molecule has 0 radical (unpaired) electrons. The molecule has 0 spiro atoms. The lowest BCUT2D eigenvalue weighted by Gasteiger charge is -2.32. The van der Waals surface area contributed by atoms with E-state index in [9.17, 15) is 4.39 Å². The highest BCUT2D eigenvalue weighted by Crippen LogP contribution is 2.31. The number of methoxy groups -OCH3 is 1. The van der Waals surface area contributed by atoms with Gasteiger partial charge < -0.3 is 10.1 Å². The summed E-state index contributed by atoms with van der Waals surface area (Å²) in [6.07, 6.45) is 6.26. The molecule has 20 heavy (non-hydrogen) atoms. The van der Waals surface area contributed by atoms with Crippen LogP contribution in [0.25, 0.3) is 0 Å². The highest BCUT2D eigenvalue weighted by molar-refractivity contribution is 5.37. The SMILES string of the molecule is CCC1CCCC(NC(C)c2c(F)cccc2OC)C1. The maximum absolute atomic E-state index is 14.1. The fourth-order valence-corrected chi connectivity index (χ4v) is 3.37. The number of rotatable bonds is 5. The van der Waals surface area contributed by atoms with Gasteiger partial charge in [-0.2, -0.15) is 0 Å². The summed E-state index contributed by atoms with van der Waals surface area (Å²) < 4.78 is 19.4. The third-order valence-electron chi connectivity index (χ3n) is 4.51. The first-order valence-corrected chi connectivity index (χ1v) is 7.74. The minimum absolute atomic E-state index is 0.0215. The summed E-state index contributed by atoms with van der Waals surface area (Å²) in [5.74, 6) is 1.26. The van der Waals surface area contributed by atoms with Crippen LogP contribution in [0.1, 0.15) is 57.6 Å². The Morgan fingerprint density at radius 1 is 1.40 bits per heavy atom. The predicted octanol–water partition coefficient (Wildman–Crippen LogP) is 4.45. The van der Waals surface area contributed by atoms with Gasteiger partial charge >= 0.3 is 0 Å². The van der Waals surface area contributed by atoms with E-state index in [1.165, 1.54) is 38.2 Å². The van der Waals surface area contributed by atoms with E-state index in [1.54, 1.807) is 13.2 Å². The first-order valence-electron chi connectivity index (χ1n) is 7.74. The molecule has 0 bridgehead atoms. The van der Waals surface area contributed by atoms with Crippen LogP contribution in [0.4, 0.5) is 4.39 Å². The molecule has 3 heteroatoms. The zero-order valence-electron chi connectivity index (χ0n) is 12.8.